The number of piperazine rings is 1. The number of hydrogen-bond acceptors (Lipinski definition) is 3. The van der Waals surface area contributed by atoms with Crippen LogP contribution < -0.4 is 10.2 Å². The van der Waals surface area contributed by atoms with Crippen LogP contribution in [0.1, 0.15) is 12.5 Å². The van der Waals surface area contributed by atoms with Crippen LogP contribution in [-0.4, -0.2) is 50.7 Å². The first-order valence-electron chi connectivity index (χ1n) is 7.01. The maximum atomic E-state index is 3.69. The smallest absolute Gasteiger partial charge is 0.0511 e. The summed E-state index contributed by atoms with van der Waals surface area (Å²) in [6.45, 7) is 10.0. The van der Waals surface area contributed by atoms with Gasteiger partial charge in [-0.1, -0.05) is 6.07 Å². The Morgan fingerprint density at radius 1 is 1.37 bits per heavy atom. The van der Waals surface area contributed by atoms with Crippen LogP contribution in [0.3, 0.4) is 0 Å². The zero-order valence-electron chi connectivity index (χ0n) is 12.1. The van der Waals surface area contributed by atoms with Gasteiger partial charge < -0.3 is 10.2 Å². The minimum Gasteiger partial charge on any atom is -0.368 e. The third-order valence-corrected chi connectivity index (χ3v) is 4.49. The summed E-state index contributed by atoms with van der Waals surface area (Å²) in [6, 6.07) is 7.23. The van der Waals surface area contributed by atoms with Crippen LogP contribution in [0.5, 0.6) is 0 Å². The van der Waals surface area contributed by atoms with Gasteiger partial charge in [-0.2, -0.15) is 0 Å². The summed E-state index contributed by atoms with van der Waals surface area (Å²) in [5, 5.41) is 3.23. The summed E-state index contributed by atoms with van der Waals surface area (Å²) in [4.78, 5) is 5.05. The van der Waals surface area contributed by atoms with Crippen LogP contribution in [-0.2, 0) is 0 Å². The molecule has 1 aromatic carbocycles. The van der Waals surface area contributed by atoms with Crippen molar-refractivity contribution in [3.05, 3.63) is 28.2 Å². The first-order valence-corrected chi connectivity index (χ1v) is 7.81. The molecule has 1 N–H and O–H groups in total. The third kappa shape index (κ3) is 3.71. The Hall–Kier alpha value is -0.580. The SMILES string of the molecule is CNCCN1CCN(c2ccc(C)cc2Br)CC1C. The van der Waals surface area contributed by atoms with Crippen LogP contribution in [0.4, 0.5) is 5.69 Å². The van der Waals surface area contributed by atoms with Gasteiger partial charge in [0.1, 0.15) is 0 Å². The van der Waals surface area contributed by atoms with E-state index in [-0.39, 0.29) is 0 Å². The van der Waals surface area contributed by atoms with E-state index in [9.17, 15) is 0 Å². The fraction of sp³-hybridized carbons (Fsp3) is 0.600. The maximum Gasteiger partial charge on any atom is 0.0511 e. The van der Waals surface area contributed by atoms with Gasteiger partial charge >= 0.3 is 0 Å². The molecule has 0 saturated carbocycles. The molecule has 1 unspecified atom stereocenters. The average molecular weight is 326 g/mol. The predicted octanol–water partition coefficient (Wildman–Crippen LogP) is 2.49. The molecular weight excluding hydrogens is 302 g/mol. The van der Waals surface area contributed by atoms with Crippen molar-refractivity contribution in [3.63, 3.8) is 0 Å². The number of benzene rings is 1. The van der Waals surface area contributed by atoms with Crippen molar-refractivity contribution >= 4 is 21.6 Å². The predicted molar refractivity (Wildman–Crippen MR) is 86.1 cm³/mol. The Labute approximate surface area is 125 Å². The third-order valence-electron chi connectivity index (χ3n) is 3.86. The van der Waals surface area contributed by atoms with Gasteiger partial charge in [-0.3, -0.25) is 4.90 Å². The Morgan fingerprint density at radius 3 is 2.79 bits per heavy atom. The molecule has 0 bridgehead atoms. The van der Waals surface area contributed by atoms with Gasteiger partial charge in [0, 0.05) is 43.2 Å². The van der Waals surface area contributed by atoms with Gasteiger partial charge in [0.2, 0.25) is 0 Å². The van der Waals surface area contributed by atoms with Crippen molar-refractivity contribution in [1.82, 2.24) is 10.2 Å². The van der Waals surface area contributed by atoms with Gasteiger partial charge in [0.05, 0.1) is 5.69 Å². The highest BCUT2D eigenvalue weighted by Gasteiger charge is 2.24. The van der Waals surface area contributed by atoms with Crippen LogP contribution in [0.2, 0.25) is 0 Å². The quantitative estimate of drug-likeness (QED) is 0.917. The lowest BCUT2D eigenvalue weighted by Gasteiger charge is -2.41. The van der Waals surface area contributed by atoms with Gasteiger partial charge in [0.25, 0.3) is 0 Å². The molecule has 3 nitrogen and oxygen atoms in total. The minimum absolute atomic E-state index is 0.607. The Bertz CT molecular complexity index is 422. The molecule has 1 atom stereocenters. The standard InChI is InChI=1S/C15H24BrN3/c1-12-4-5-15(14(16)10-12)19-9-8-18(7-6-17-3)13(2)11-19/h4-5,10,13,17H,6-9,11H2,1-3H3. The van der Waals surface area contributed by atoms with E-state index in [1.165, 1.54) is 15.7 Å². The number of nitrogens with one attached hydrogen (secondary N) is 1. The summed E-state index contributed by atoms with van der Waals surface area (Å²) in [7, 11) is 2.02. The average Bonchev–Trinajstić information content (AvgIpc) is 2.37. The van der Waals surface area contributed by atoms with Crippen molar-refractivity contribution in [2.45, 2.75) is 19.9 Å². The molecule has 0 aromatic heterocycles. The molecule has 1 saturated heterocycles. The van der Waals surface area contributed by atoms with E-state index < -0.39 is 0 Å². The van der Waals surface area contributed by atoms with Crippen molar-refractivity contribution < 1.29 is 0 Å². The largest absolute Gasteiger partial charge is 0.368 e. The normalized spacial score (nSPS) is 20.8. The topological polar surface area (TPSA) is 18.5 Å². The summed E-state index contributed by atoms with van der Waals surface area (Å²) in [5.41, 5.74) is 2.63. The second kappa shape index (κ2) is 6.73. The lowest BCUT2D eigenvalue weighted by atomic mass is 10.1. The highest BCUT2D eigenvalue weighted by molar-refractivity contribution is 9.10. The lowest BCUT2D eigenvalue weighted by molar-refractivity contribution is 0.191. The number of aryl methyl sites for hydroxylation is 1. The summed E-state index contributed by atoms with van der Waals surface area (Å²) in [6.07, 6.45) is 0. The number of halogens is 1. The first kappa shape index (κ1) is 14.8. The minimum atomic E-state index is 0.607. The van der Waals surface area contributed by atoms with E-state index in [0.717, 1.165) is 32.7 Å². The van der Waals surface area contributed by atoms with E-state index >= 15 is 0 Å². The van der Waals surface area contributed by atoms with Crippen LogP contribution in [0, 0.1) is 6.92 Å². The fourth-order valence-corrected chi connectivity index (χ4v) is 3.41. The molecule has 1 heterocycles. The Balaban J connectivity index is 2.01. The van der Waals surface area contributed by atoms with E-state index in [1.54, 1.807) is 0 Å². The number of hydrogen-bond donors (Lipinski definition) is 1. The number of nitrogens with zero attached hydrogens (tertiary/aromatic N) is 2. The van der Waals surface area contributed by atoms with E-state index in [1.807, 2.05) is 7.05 Å². The first-order chi connectivity index (χ1) is 9.11. The highest BCUT2D eigenvalue weighted by atomic mass is 79.9. The molecule has 0 radical (unpaired) electrons. The summed E-state index contributed by atoms with van der Waals surface area (Å²) in [5.74, 6) is 0. The lowest BCUT2D eigenvalue weighted by Crippen LogP contribution is -2.53. The van der Waals surface area contributed by atoms with Crippen LogP contribution >= 0.6 is 15.9 Å². The van der Waals surface area contributed by atoms with Crippen LogP contribution in [0.25, 0.3) is 0 Å². The fourth-order valence-electron chi connectivity index (χ4n) is 2.67. The zero-order valence-corrected chi connectivity index (χ0v) is 13.7. The van der Waals surface area contributed by atoms with Crippen molar-refractivity contribution in [2.24, 2.45) is 0 Å². The van der Waals surface area contributed by atoms with Gasteiger partial charge in [-0.15, -0.1) is 0 Å². The molecular formula is C15H24BrN3. The van der Waals surface area contributed by atoms with Crippen molar-refractivity contribution in [3.8, 4) is 0 Å². The van der Waals surface area contributed by atoms with Gasteiger partial charge in [-0.25, -0.2) is 0 Å². The monoisotopic (exact) mass is 325 g/mol. The van der Waals surface area contributed by atoms with E-state index in [0.29, 0.717) is 6.04 Å². The molecule has 1 aliphatic rings. The van der Waals surface area contributed by atoms with Crippen molar-refractivity contribution in [2.75, 3.05) is 44.7 Å². The van der Waals surface area contributed by atoms with Crippen molar-refractivity contribution in [1.29, 1.82) is 0 Å². The molecule has 1 fully saturated rings. The molecule has 0 spiro atoms. The molecule has 106 valence electrons. The van der Waals surface area contributed by atoms with E-state index in [4.69, 9.17) is 0 Å². The molecule has 0 aliphatic carbocycles. The highest BCUT2D eigenvalue weighted by Crippen LogP contribution is 2.28. The molecule has 1 aromatic rings. The Kier molecular flexibility index (Phi) is 5.25. The molecule has 4 heteroatoms. The number of rotatable bonds is 4. The maximum absolute atomic E-state index is 3.69. The van der Waals surface area contributed by atoms with Gasteiger partial charge in [-0.05, 0) is 54.5 Å². The summed E-state index contributed by atoms with van der Waals surface area (Å²) >= 11 is 3.69. The summed E-state index contributed by atoms with van der Waals surface area (Å²) < 4.78 is 1.21. The Morgan fingerprint density at radius 2 is 2.16 bits per heavy atom. The number of anilines is 1. The molecule has 0 amide bonds. The molecule has 1 aliphatic heterocycles. The second-order valence-electron chi connectivity index (χ2n) is 5.39. The van der Waals surface area contributed by atoms with E-state index in [2.05, 4.69) is 63.1 Å². The second-order valence-corrected chi connectivity index (χ2v) is 6.24. The number of likely N-dealkylation sites (N-methyl/N-ethyl adjacent to an activating group) is 1. The zero-order chi connectivity index (χ0) is 13.8. The van der Waals surface area contributed by atoms with Crippen LogP contribution in [0.15, 0.2) is 22.7 Å². The molecule has 2 rings (SSSR count). The van der Waals surface area contributed by atoms with Gasteiger partial charge in [0.15, 0.2) is 0 Å². The molecule has 19 heavy (non-hydrogen) atoms.